The molecule has 0 heterocycles. The molecule has 2 N–H and O–H groups in total. The summed E-state index contributed by atoms with van der Waals surface area (Å²) >= 11 is 0. The second-order valence-electron chi connectivity index (χ2n) is 10.8. The second kappa shape index (κ2) is 12.2. The van der Waals surface area contributed by atoms with Crippen LogP contribution < -0.4 is 5.32 Å². The molecule has 190 valence electrons. The quantitative estimate of drug-likeness (QED) is 0.435. The van der Waals surface area contributed by atoms with E-state index in [2.05, 4.69) is 19.2 Å². The molecule has 34 heavy (non-hydrogen) atoms. The van der Waals surface area contributed by atoms with Gasteiger partial charge in [-0.15, -0.1) is 0 Å². The van der Waals surface area contributed by atoms with Crippen molar-refractivity contribution < 1.29 is 19.5 Å². The van der Waals surface area contributed by atoms with Crippen LogP contribution in [0.5, 0.6) is 0 Å². The van der Waals surface area contributed by atoms with Crippen molar-refractivity contribution in [2.24, 2.45) is 11.3 Å². The van der Waals surface area contributed by atoms with Crippen molar-refractivity contribution in [2.75, 3.05) is 7.05 Å². The van der Waals surface area contributed by atoms with E-state index >= 15 is 0 Å². The molecule has 0 saturated heterocycles. The third-order valence-electron chi connectivity index (χ3n) is 6.72. The molecule has 6 heteroatoms. The van der Waals surface area contributed by atoms with Crippen molar-refractivity contribution in [1.29, 1.82) is 0 Å². The van der Waals surface area contributed by atoms with Gasteiger partial charge in [0.25, 0.3) is 0 Å². The molecule has 0 aliphatic heterocycles. The number of likely N-dealkylation sites (N-methyl/N-ethyl adjacent to an activating group) is 1. The van der Waals surface area contributed by atoms with Gasteiger partial charge in [0, 0.05) is 24.0 Å². The van der Waals surface area contributed by atoms with Crippen LogP contribution in [0.2, 0.25) is 0 Å². The van der Waals surface area contributed by atoms with Crippen molar-refractivity contribution >= 4 is 17.8 Å². The van der Waals surface area contributed by atoms with Crippen molar-refractivity contribution in [2.45, 2.75) is 92.2 Å². The van der Waals surface area contributed by atoms with Crippen molar-refractivity contribution in [1.82, 2.24) is 10.2 Å². The van der Waals surface area contributed by atoms with Gasteiger partial charge in [-0.1, -0.05) is 91.3 Å². The van der Waals surface area contributed by atoms with Gasteiger partial charge in [-0.3, -0.25) is 9.59 Å². The Bertz CT molecular complexity index is 868. The summed E-state index contributed by atoms with van der Waals surface area (Å²) in [6.07, 6.45) is 3.68. The highest BCUT2D eigenvalue weighted by molar-refractivity contribution is 5.90. The van der Waals surface area contributed by atoms with Crippen molar-refractivity contribution in [3.05, 3.63) is 47.5 Å². The fourth-order valence-corrected chi connectivity index (χ4v) is 4.40. The zero-order valence-corrected chi connectivity index (χ0v) is 22.4. The maximum Gasteiger partial charge on any atom is 0.331 e. The average Bonchev–Trinajstić information content (AvgIpc) is 2.76. The van der Waals surface area contributed by atoms with E-state index in [-0.39, 0.29) is 29.3 Å². The molecule has 0 aliphatic rings. The number of carboxylic acid groups (broad SMARTS) is 1. The standard InChI is InChI=1S/C28H44N2O4/c1-10-15-21(18-19(3)26(33)34)30(9)25(32)23(27(4,5)6)29-24(31)22(11-2)28(7,8)20-16-13-12-14-17-20/h12-14,16-18,21-23H,10-11,15H2,1-9H3,(H,29,31)(H,33,34)/b19-18+/t21-,22+,23+/m0/s1. The number of carbonyl (C=O) groups excluding carboxylic acids is 2. The Labute approximate surface area is 205 Å². The monoisotopic (exact) mass is 472 g/mol. The minimum Gasteiger partial charge on any atom is -0.478 e. The van der Waals surface area contributed by atoms with Crippen LogP contribution in [0.25, 0.3) is 0 Å². The Kier molecular flexibility index (Phi) is 10.5. The normalized spacial score (nSPS) is 15.3. The number of amides is 2. The number of carboxylic acids is 1. The Hall–Kier alpha value is -2.63. The SMILES string of the molecule is CCC[C@@H](/C=C(\C)C(=O)O)N(C)C(=O)[C@@H](NC(=O)[C@@H](CC)C(C)(C)c1ccccc1)C(C)(C)C. The van der Waals surface area contributed by atoms with Crippen LogP contribution in [0.4, 0.5) is 0 Å². The highest BCUT2D eigenvalue weighted by atomic mass is 16.4. The predicted octanol–water partition coefficient (Wildman–Crippen LogP) is 5.18. The largest absolute Gasteiger partial charge is 0.478 e. The van der Waals surface area contributed by atoms with Crippen LogP contribution in [0.3, 0.4) is 0 Å². The molecule has 1 rings (SSSR count). The molecule has 6 nitrogen and oxygen atoms in total. The first-order valence-corrected chi connectivity index (χ1v) is 12.2. The minimum atomic E-state index is -1.00. The van der Waals surface area contributed by atoms with Gasteiger partial charge in [0.1, 0.15) is 6.04 Å². The molecule has 0 aromatic heterocycles. The minimum absolute atomic E-state index is 0.151. The first kappa shape index (κ1) is 29.4. The molecule has 1 aromatic rings. The summed E-state index contributed by atoms with van der Waals surface area (Å²) in [4.78, 5) is 40.2. The highest BCUT2D eigenvalue weighted by Gasteiger charge is 2.41. The topological polar surface area (TPSA) is 86.7 Å². The van der Waals surface area contributed by atoms with E-state index in [0.717, 1.165) is 12.0 Å². The lowest BCUT2D eigenvalue weighted by Crippen LogP contribution is -2.57. The van der Waals surface area contributed by atoms with E-state index in [1.165, 1.54) is 6.92 Å². The summed E-state index contributed by atoms with van der Waals surface area (Å²) in [5.74, 6) is -1.70. The Morgan fingerprint density at radius 2 is 1.62 bits per heavy atom. The van der Waals surface area contributed by atoms with Gasteiger partial charge in [0.2, 0.25) is 11.8 Å². The number of hydrogen-bond donors (Lipinski definition) is 2. The first-order chi connectivity index (χ1) is 15.7. The third kappa shape index (κ3) is 7.44. The van der Waals surface area contributed by atoms with E-state index in [1.54, 1.807) is 18.0 Å². The molecule has 0 aliphatic carbocycles. The van der Waals surface area contributed by atoms with Crippen LogP contribution in [-0.2, 0) is 19.8 Å². The number of carbonyl (C=O) groups is 3. The molecule has 2 amide bonds. The van der Waals surface area contributed by atoms with Gasteiger partial charge in [-0.2, -0.15) is 0 Å². The van der Waals surface area contributed by atoms with Crippen LogP contribution in [0.15, 0.2) is 42.0 Å². The van der Waals surface area contributed by atoms with Gasteiger partial charge in [0.15, 0.2) is 0 Å². The van der Waals surface area contributed by atoms with E-state index in [0.29, 0.717) is 12.8 Å². The predicted molar refractivity (Wildman–Crippen MR) is 137 cm³/mol. The number of benzene rings is 1. The lowest BCUT2D eigenvalue weighted by molar-refractivity contribution is -0.141. The highest BCUT2D eigenvalue weighted by Crippen LogP contribution is 2.34. The summed E-state index contributed by atoms with van der Waals surface area (Å²) in [6.45, 7) is 15.4. The van der Waals surface area contributed by atoms with Crippen LogP contribution in [0, 0.1) is 11.3 Å². The van der Waals surface area contributed by atoms with Gasteiger partial charge in [0.05, 0.1) is 6.04 Å². The smallest absolute Gasteiger partial charge is 0.331 e. The molecule has 0 bridgehead atoms. The van der Waals surface area contributed by atoms with E-state index in [9.17, 15) is 19.5 Å². The van der Waals surface area contributed by atoms with Gasteiger partial charge in [-0.05, 0) is 30.7 Å². The number of hydrogen-bond acceptors (Lipinski definition) is 3. The maximum absolute atomic E-state index is 13.7. The zero-order valence-electron chi connectivity index (χ0n) is 22.4. The van der Waals surface area contributed by atoms with E-state index in [1.807, 2.05) is 65.0 Å². The molecule has 0 saturated carbocycles. The lowest BCUT2D eigenvalue weighted by atomic mass is 9.71. The average molecular weight is 473 g/mol. The van der Waals surface area contributed by atoms with Gasteiger partial charge < -0.3 is 15.3 Å². The van der Waals surface area contributed by atoms with Gasteiger partial charge >= 0.3 is 5.97 Å². The summed E-state index contributed by atoms with van der Waals surface area (Å²) in [6, 6.07) is 8.85. The summed E-state index contributed by atoms with van der Waals surface area (Å²) in [7, 11) is 1.68. The molecule has 3 atom stereocenters. The number of rotatable bonds is 11. The molecule has 0 radical (unpaired) electrons. The van der Waals surface area contributed by atoms with Gasteiger partial charge in [-0.25, -0.2) is 4.79 Å². The van der Waals surface area contributed by atoms with Crippen LogP contribution >= 0.6 is 0 Å². The Balaban J connectivity index is 3.26. The maximum atomic E-state index is 13.7. The number of nitrogens with one attached hydrogen (secondary N) is 1. The summed E-state index contributed by atoms with van der Waals surface area (Å²) in [5.41, 5.74) is 0.331. The third-order valence-corrected chi connectivity index (χ3v) is 6.72. The summed E-state index contributed by atoms with van der Waals surface area (Å²) in [5, 5.41) is 12.4. The number of aliphatic carboxylic acids is 1. The fourth-order valence-electron chi connectivity index (χ4n) is 4.40. The Morgan fingerprint density at radius 3 is 2.06 bits per heavy atom. The second-order valence-corrected chi connectivity index (χ2v) is 10.8. The molecular weight excluding hydrogens is 428 g/mol. The lowest BCUT2D eigenvalue weighted by Gasteiger charge is -2.39. The Morgan fingerprint density at radius 1 is 1.06 bits per heavy atom. The molecule has 1 aromatic carbocycles. The first-order valence-electron chi connectivity index (χ1n) is 12.2. The zero-order chi connectivity index (χ0) is 26.3. The van der Waals surface area contributed by atoms with E-state index in [4.69, 9.17) is 0 Å². The number of nitrogens with zero attached hydrogens (tertiary/aromatic N) is 1. The molecule has 0 unspecified atom stereocenters. The summed E-state index contributed by atoms with van der Waals surface area (Å²) < 4.78 is 0. The van der Waals surface area contributed by atoms with Crippen molar-refractivity contribution in [3.63, 3.8) is 0 Å². The van der Waals surface area contributed by atoms with Crippen molar-refractivity contribution in [3.8, 4) is 0 Å². The fraction of sp³-hybridized carbons (Fsp3) is 0.607. The van der Waals surface area contributed by atoms with E-state index < -0.39 is 22.8 Å². The molecular formula is C28H44N2O4. The van der Waals surface area contributed by atoms with Crippen LogP contribution in [-0.4, -0.2) is 46.9 Å². The van der Waals surface area contributed by atoms with Crippen LogP contribution in [0.1, 0.15) is 80.2 Å². The molecule has 0 spiro atoms. The molecule has 0 fully saturated rings.